The van der Waals surface area contributed by atoms with E-state index in [0.29, 0.717) is 24.9 Å². The van der Waals surface area contributed by atoms with Gasteiger partial charge in [-0.1, -0.05) is 23.4 Å². The quantitative estimate of drug-likeness (QED) is 0.720. The van der Waals surface area contributed by atoms with Crippen LogP contribution in [0.1, 0.15) is 41.5 Å². The van der Waals surface area contributed by atoms with Gasteiger partial charge < -0.3 is 15.4 Å². The average Bonchev–Trinajstić information content (AvgIpc) is 3.04. The summed E-state index contributed by atoms with van der Waals surface area (Å²) < 4.78 is 7.51. The molecule has 0 atom stereocenters. The highest BCUT2D eigenvalue weighted by Gasteiger charge is 2.22. The molecule has 1 aromatic heterocycles. The summed E-state index contributed by atoms with van der Waals surface area (Å²) in [7, 11) is 0. The fraction of sp³-hybridized carbons (Fsp3) is 0.500. The van der Waals surface area contributed by atoms with E-state index in [1.54, 1.807) is 0 Å². The van der Waals surface area contributed by atoms with Crippen LogP contribution in [0.2, 0.25) is 0 Å². The number of nitrogens with one attached hydrogen (secondary N) is 2. The Morgan fingerprint density at radius 1 is 1.31 bits per heavy atom. The highest BCUT2D eigenvalue weighted by Crippen LogP contribution is 2.20. The summed E-state index contributed by atoms with van der Waals surface area (Å²) in [4.78, 5) is 12.3. The standard InChI is InChI=1S/C18H25N5O2.ClH/c1-14-17(21-22-23(14)15-8-11-19-12-9-15)18(24)20-10-5-13-25-16-6-3-2-4-7-16;/h2-4,6-7,15,19H,5,8-13H2,1H3,(H,20,24);1H. The Kier molecular flexibility index (Phi) is 7.87. The van der Waals surface area contributed by atoms with E-state index >= 15 is 0 Å². The van der Waals surface area contributed by atoms with E-state index in [-0.39, 0.29) is 18.3 Å². The minimum absolute atomic E-state index is 0. The third-order valence-corrected chi connectivity index (χ3v) is 4.42. The summed E-state index contributed by atoms with van der Waals surface area (Å²) >= 11 is 0. The third kappa shape index (κ3) is 5.19. The predicted octanol–water partition coefficient (Wildman–Crippen LogP) is 2.13. The molecule has 1 saturated heterocycles. The Labute approximate surface area is 159 Å². The van der Waals surface area contributed by atoms with Gasteiger partial charge in [-0.05, 0) is 51.4 Å². The van der Waals surface area contributed by atoms with Crippen molar-refractivity contribution in [3.05, 3.63) is 41.7 Å². The van der Waals surface area contributed by atoms with Crippen LogP contribution in [0.4, 0.5) is 0 Å². The zero-order valence-corrected chi connectivity index (χ0v) is 15.8. The predicted molar refractivity (Wildman–Crippen MR) is 102 cm³/mol. The van der Waals surface area contributed by atoms with Crippen LogP contribution in [-0.4, -0.2) is 47.1 Å². The van der Waals surface area contributed by atoms with Gasteiger partial charge in [0.25, 0.3) is 5.91 Å². The third-order valence-electron chi connectivity index (χ3n) is 4.42. The van der Waals surface area contributed by atoms with Gasteiger partial charge >= 0.3 is 0 Å². The Morgan fingerprint density at radius 2 is 2.04 bits per heavy atom. The second-order valence-electron chi connectivity index (χ2n) is 6.22. The maximum Gasteiger partial charge on any atom is 0.273 e. The first-order chi connectivity index (χ1) is 12.3. The molecule has 0 radical (unpaired) electrons. The van der Waals surface area contributed by atoms with E-state index in [0.717, 1.165) is 43.8 Å². The topological polar surface area (TPSA) is 81.1 Å². The van der Waals surface area contributed by atoms with Crippen LogP contribution in [0.3, 0.4) is 0 Å². The van der Waals surface area contributed by atoms with Crippen molar-refractivity contribution in [2.75, 3.05) is 26.2 Å². The molecule has 2 heterocycles. The number of rotatable bonds is 7. The minimum atomic E-state index is -0.169. The molecule has 142 valence electrons. The van der Waals surface area contributed by atoms with Crippen molar-refractivity contribution in [2.45, 2.75) is 32.2 Å². The molecule has 1 aliphatic rings. The number of piperidine rings is 1. The van der Waals surface area contributed by atoms with Gasteiger partial charge in [0.05, 0.1) is 18.3 Å². The summed E-state index contributed by atoms with van der Waals surface area (Å²) in [6, 6.07) is 9.99. The molecule has 0 saturated carbocycles. The number of hydrogen-bond donors (Lipinski definition) is 2. The van der Waals surface area contributed by atoms with Gasteiger partial charge in [0.2, 0.25) is 0 Å². The summed E-state index contributed by atoms with van der Waals surface area (Å²) in [5.74, 6) is 0.673. The van der Waals surface area contributed by atoms with Crippen molar-refractivity contribution in [3.63, 3.8) is 0 Å². The Hall–Kier alpha value is -2.12. The van der Waals surface area contributed by atoms with Gasteiger partial charge in [-0.3, -0.25) is 4.79 Å². The largest absolute Gasteiger partial charge is 0.494 e. The van der Waals surface area contributed by atoms with Crippen molar-refractivity contribution in [3.8, 4) is 5.75 Å². The first kappa shape index (κ1) is 20.2. The molecule has 0 unspecified atom stereocenters. The molecule has 2 aromatic rings. The Morgan fingerprint density at radius 3 is 2.77 bits per heavy atom. The van der Waals surface area contributed by atoms with Gasteiger partial charge in [-0.25, -0.2) is 4.68 Å². The molecule has 1 amide bonds. The first-order valence-electron chi connectivity index (χ1n) is 8.84. The number of amides is 1. The number of hydrogen-bond acceptors (Lipinski definition) is 5. The SMILES string of the molecule is Cc1c(C(=O)NCCCOc2ccccc2)nnn1C1CCNCC1.Cl. The number of para-hydroxylation sites is 1. The second-order valence-corrected chi connectivity index (χ2v) is 6.22. The van der Waals surface area contributed by atoms with Gasteiger partial charge in [0.15, 0.2) is 5.69 Å². The number of carbonyl (C=O) groups excluding carboxylic acids is 1. The summed E-state index contributed by atoms with van der Waals surface area (Å²) in [5.41, 5.74) is 1.26. The fourth-order valence-electron chi connectivity index (χ4n) is 3.01. The van der Waals surface area contributed by atoms with Gasteiger partial charge in [0, 0.05) is 6.54 Å². The fourth-order valence-corrected chi connectivity index (χ4v) is 3.01. The summed E-state index contributed by atoms with van der Waals surface area (Å²) in [6.07, 6.45) is 2.77. The van der Waals surface area contributed by atoms with Gasteiger partial charge in [0.1, 0.15) is 5.75 Å². The second kappa shape index (κ2) is 10.1. The molecular formula is C18H26ClN5O2. The van der Waals surface area contributed by atoms with Crippen molar-refractivity contribution < 1.29 is 9.53 Å². The van der Waals surface area contributed by atoms with Crippen molar-refractivity contribution in [1.29, 1.82) is 0 Å². The van der Waals surface area contributed by atoms with Crippen LogP contribution in [0.5, 0.6) is 5.75 Å². The zero-order valence-electron chi connectivity index (χ0n) is 15.0. The van der Waals surface area contributed by atoms with E-state index in [4.69, 9.17) is 4.74 Å². The minimum Gasteiger partial charge on any atom is -0.494 e. The molecule has 3 rings (SSSR count). The normalized spacial score (nSPS) is 14.5. The van der Waals surface area contributed by atoms with Crippen LogP contribution in [0, 0.1) is 6.92 Å². The van der Waals surface area contributed by atoms with Crippen molar-refractivity contribution in [2.24, 2.45) is 0 Å². The molecule has 1 aliphatic heterocycles. The molecule has 0 bridgehead atoms. The molecule has 8 heteroatoms. The lowest BCUT2D eigenvalue weighted by Gasteiger charge is -2.23. The number of ether oxygens (including phenoxy) is 1. The van der Waals surface area contributed by atoms with Crippen LogP contribution in [-0.2, 0) is 0 Å². The average molecular weight is 380 g/mol. The van der Waals surface area contributed by atoms with Gasteiger partial charge in [-0.15, -0.1) is 17.5 Å². The smallest absolute Gasteiger partial charge is 0.273 e. The number of carbonyl (C=O) groups is 1. The molecule has 0 spiro atoms. The van der Waals surface area contributed by atoms with E-state index in [2.05, 4.69) is 20.9 Å². The van der Waals surface area contributed by atoms with Crippen LogP contribution in [0.15, 0.2) is 30.3 Å². The highest BCUT2D eigenvalue weighted by atomic mass is 35.5. The summed E-state index contributed by atoms with van der Waals surface area (Å²) in [6.45, 7) is 4.98. The number of aromatic nitrogens is 3. The molecule has 0 aliphatic carbocycles. The lowest BCUT2D eigenvalue weighted by Crippen LogP contribution is -2.30. The highest BCUT2D eigenvalue weighted by molar-refractivity contribution is 5.93. The van der Waals surface area contributed by atoms with Gasteiger partial charge in [-0.2, -0.15) is 0 Å². The lowest BCUT2D eigenvalue weighted by molar-refractivity contribution is 0.0946. The molecule has 7 nitrogen and oxygen atoms in total. The van der Waals surface area contributed by atoms with Crippen molar-refractivity contribution >= 4 is 18.3 Å². The van der Waals surface area contributed by atoms with E-state index in [9.17, 15) is 4.79 Å². The van der Waals surface area contributed by atoms with Crippen LogP contribution in [0.25, 0.3) is 0 Å². The number of halogens is 1. The molecule has 26 heavy (non-hydrogen) atoms. The summed E-state index contributed by atoms with van der Waals surface area (Å²) in [5, 5.41) is 14.5. The molecule has 1 aromatic carbocycles. The van der Waals surface area contributed by atoms with Crippen LogP contribution >= 0.6 is 12.4 Å². The van der Waals surface area contributed by atoms with Crippen molar-refractivity contribution in [1.82, 2.24) is 25.6 Å². The van der Waals surface area contributed by atoms with E-state index in [1.807, 2.05) is 41.9 Å². The Bertz CT molecular complexity index is 686. The van der Waals surface area contributed by atoms with E-state index < -0.39 is 0 Å². The number of nitrogens with zero attached hydrogens (tertiary/aromatic N) is 3. The van der Waals surface area contributed by atoms with E-state index in [1.165, 1.54) is 0 Å². The Balaban J connectivity index is 0.00000243. The molecule has 1 fully saturated rings. The lowest BCUT2D eigenvalue weighted by atomic mass is 10.1. The monoisotopic (exact) mass is 379 g/mol. The maximum absolute atomic E-state index is 12.3. The maximum atomic E-state index is 12.3. The van der Waals surface area contributed by atoms with Crippen LogP contribution < -0.4 is 15.4 Å². The molecule has 2 N–H and O–H groups in total. The number of benzene rings is 1. The first-order valence-corrected chi connectivity index (χ1v) is 8.84. The zero-order chi connectivity index (χ0) is 17.5. The molecular weight excluding hydrogens is 354 g/mol.